The summed E-state index contributed by atoms with van der Waals surface area (Å²) < 4.78 is 0. The fraction of sp³-hybridized carbons (Fsp3) is 0.167. The summed E-state index contributed by atoms with van der Waals surface area (Å²) in [6.45, 7) is 0.673. The first-order chi connectivity index (χ1) is 9.75. The maximum Gasteiger partial charge on any atom is 0.298 e. The van der Waals surface area contributed by atoms with Crippen LogP contribution in [0.4, 0.5) is 0 Å². The van der Waals surface area contributed by atoms with Gasteiger partial charge in [-0.2, -0.15) is 0 Å². The molecular formula is C18H17NO. The molecule has 0 aliphatic carbocycles. The van der Waals surface area contributed by atoms with Gasteiger partial charge in [-0.15, -0.1) is 0 Å². The van der Waals surface area contributed by atoms with E-state index >= 15 is 0 Å². The SMILES string of the molecule is CN(CCc1ccccc1)C(=O)C#Cc1ccccc1. The molecule has 0 aliphatic heterocycles. The Labute approximate surface area is 120 Å². The van der Waals surface area contributed by atoms with Gasteiger partial charge in [-0.05, 0) is 24.1 Å². The van der Waals surface area contributed by atoms with Crippen LogP contribution in [0.5, 0.6) is 0 Å². The predicted octanol–water partition coefficient (Wildman–Crippen LogP) is 2.74. The first kappa shape index (κ1) is 13.9. The second-order valence-corrected chi connectivity index (χ2v) is 4.58. The number of rotatable bonds is 3. The quantitative estimate of drug-likeness (QED) is 0.780. The van der Waals surface area contributed by atoms with E-state index in [9.17, 15) is 4.79 Å². The van der Waals surface area contributed by atoms with Crippen molar-refractivity contribution in [2.45, 2.75) is 6.42 Å². The molecule has 0 saturated heterocycles. The molecule has 0 aromatic heterocycles. The van der Waals surface area contributed by atoms with E-state index in [1.165, 1.54) is 5.56 Å². The molecule has 0 heterocycles. The highest BCUT2D eigenvalue weighted by atomic mass is 16.2. The predicted molar refractivity (Wildman–Crippen MR) is 81.1 cm³/mol. The van der Waals surface area contributed by atoms with Crippen LogP contribution in [0.1, 0.15) is 11.1 Å². The van der Waals surface area contributed by atoms with Gasteiger partial charge < -0.3 is 4.90 Å². The highest BCUT2D eigenvalue weighted by molar-refractivity contribution is 5.93. The van der Waals surface area contributed by atoms with Gasteiger partial charge in [-0.3, -0.25) is 4.79 Å². The van der Waals surface area contributed by atoms with Gasteiger partial charge in [0.1, 0.15) is 0 Å². The molecule has 20 heavy (non-hydrogen) atoms. The van der Waals surface area contributed by atoms with Crippen molar-refractivity contribution >= 4 is 5.91 Å². The number of nitrogens with zero attached hydrogens (tertiary/aromatic N) is 1. The van der Waals surface area contributed by atoms with Crippen LogP contribution in [0.15, 0.2) is 60.7 Å². The zero-order valence-corrected chi connectivity index (χ0v) is 11.5. The van der Waals surface area contributed by atoms with Crippen LogP contribution in [0.3, 0.4) is 0 Å². The molecule has 0 fully saturated rings. The zero-order valence-electron chi connectivity index (χ0n) is 11.5. The minimum Gasteiger partial charge on any atom is -0.335 e. The molecular weight excluding hydrogens is 246 g/mol. The summed E-state index contributed by atoms with van der Waals surface area (Å²) in [5.41, 5.74) is 2.08. The summed E-state index contributed by atoms with van der Waals surface area (Å²) in [5.74, 6) is 5.41. The maximum atomic E-state index is 11.9. The minimum atomic E-state index is -0.148. The Morgan fingerprint density at radius 1 is 1.00 bits per heavy atom. The molecule has 2 rings (SSSR count). The number of carbonyl (C=O) groups is 1. The Balaban J connectivity index is 1.88. The molecule has 0 spiro atoms. The number of benzene rings is 2. The van der Waals surface area contributed by atoms with E-state index in [-0.39, 0.29) is 5.91 Å². The number of likely N-dealkylation sites (N-methyl/N-ethyl adjacent to an activating group) is 1. The van der Waals surface area contributed by atoms with Crippen molar-refractivity contribution in [3.05, 3.63) is 71.8 Å². The van der Waals surface area contributed by atoms with Gasteiger partial charge in [0.2, 0.25) is 0 Å². The molecule has 2 aromatic carbocycles. The lowest BCUT2D eigenvalue weighted by Gasteiger charge is -2.13. The maximum absolute atomic E-state index is 11.9. The summed E-state index contributed by atoms with van der Waals surface area (Å²) in [5, 5.41) is 0. The number of hydrogen-bond donors (Lipinski definition) is 0. The molecule has 2 heteroatoms. The number of amides is 1. The van der Waals surface area contributed by atoms with E-state index in [0.717, 1.165) is 12.0 Å². The first-order valence-corrected chi connectivity index (χ1v) is 6.62. The normalized spacial score (nSPS) is 9.45. The molecule has 2 aromatic rings. The van der Waals surface area contributed by atoms with Crippen LogP contribution in [-0.2, 0) is 11.2 Å². The van der Waals surface area contributed by atoms with E-state index < -0.39 is 0 Å². The van der Waals surface area contributed by atoms with Crippen molar-refractivity contribution in [2.75, 3.05) is 13.6 Å². The summed E-state index contributed by atoms with van der Waals surface area (Å²) in [6.07, 6.45) is 0.843. The molecule has 2 nitrogen and oxygen atoms in total. The van der Waals surface area contributed by atoms with Gasteiger partial charge in [0, 0.05) is 25.1 Å². The van der Waals surface area contributed by atoms with Crippen LogP contribution in [-0.4, -0.2) is 24.4 Å². The second kappa shape index (κ2) is 7.16. The van der Waals surface area contributed by atoms with E-state index in [1.54, 1.807) is 11.9 Å². The third kappa shape index (κ3) is 4.29. The van der Waals surface area contributed by atoms with Crippen molar-refractivity contribution < 1.29 is 4.79 Å². The third-order valence-corrected chi connectivity index (χ3v) is 3.01. The third-order valence-electron chi connectivity index (χ3n) is 3.01. The molecule has 0 unspecified atom stereocenters. The van der Waals surface area contributed by atoms with Gasteiger partial charge in [0.05, 0.1) is 0 Å². The van der Waals surface area contributed by atoms with Crippen LogP contribution in [0.2, 0.25) is 0 Å². The van der Waals surface area contributed by atoms with E-state index in [1.807, 2.05) is 48.5 Å². The lowest BCUT2D eigenvalue weighted by molar-refractivity contribution is -0.123. The Hall–Kier alpha value is -2.53. The van der Waals surface area contributed by atoms with Gasteiger partial charge in [-0.1, -0.05) is 54.5 Å². The standard InChI is InChI=1S/C18H17NO/c1-19(15-14-17-10-6-3-7-11-17)18(20)13-12-16-8-4-2-5-9-16/h2-11H,14-15H2,1H3. The monoisotopic (exact) mass is 263 g/mol. The van der Waals surface area contributed by atoms with Crippen molar-refractivity contribution in [1.29, 1.82) is 0 Å². The van der Waals surface area contributed by atoms with E-state index in [0.29, 0.717) is 6.54 Å². The molecule has 0 bridgehead atoms. The Bertz CT molecular complexity index is 608. The molecule has 0 N–H and O–H groups in total. The van der Waals surface area contributed by atoms with Gasteiger partial charge >= 0.3 is 0 Å². The number of carbonyl (C=O) groups excluding carboxylic acids is 1. The highest BCUT2D eigenvalue weighted by Crippen LogP contribution is 2.01. The molecule has 0 atom stereocenters. The average molecular weight is 263 g/mol. The molecule has 1 amide bonds. The summed E-state index contributed by atoms with van der Waals surface area (Å²) in [4.78, 5) is 13.5. The summed E-state index contributed by atoms with van der Waals surface area (Å²) in [7, 11) is 1.78. The minimum absolute atomic E-state index is 0.148. The van der Waals surface area contributed by atoms with Crippen molar-refractivity contribution in [1.82, 2.24) is 4.90 Å². The van der Waals surface area contributed by atoms with Crippen LogP contribution < -0.4 is 0 Å². The molecule has 100 valence electrons. The zero-order chi connectivity index (χ0) is 14.2. The lowest BCUT2D eigenvalue weighted by Crippen LogP contribution is -2.27. The highest BCUT2D eigenvalue weighted by Gasteiger charge is 2.04. The van der Waals surface area contributed by atoms with Crippen LogP contribution in [0, 0.1) is 11.8 Å². The Kier molecular flexibility index (Phi) is 4.97. The van der Waals surface area contributed by atoms with Crippen molar-refractivity contribution in [2.24, 2.45) is 0 Å². The van der Waals surface area contributed by atoms with Gasteiger partial charge in [0.15, 0.2) is 0 Å². The Morgan fingerprint density at radius 3 is 2.25 bits per heavy atom. The first-order valence-electron chi connectivity index (χ1n) is 6.62. The van der Waals surface area contributed by atoms with E-state index in [4.69, 9.17) is 0 Å². The summed E-state index contributed by atoms with van der Waals surface area (Å²) in [6, 6.07) is 19.7. The lowest BCUT2D eigenvalue weighted by atomic mass is 10.1. The fourth-order valence-corrected chi connectivity index (χ4v) is 1.79. The number of hydrogen-bond acceptors (Lipinski definition) is 1. The van der Waals surface area contributed by atoms with Crippen LogP contribution >= 0.6 is 0 Å². The second-order valence-electron chi connectivity index (χ2n) is 4.58. The molecule has 0 aliphatic rings. The average Bonchev–Trinajstić information content (AvgIpc) is 2.52. The van der Waals surface area contributed by atoms with E-state index in [2.05, 4.69) is 24.0 Å². The smallest absolute Gasteiger partial charge is 0.298 e. The largest absolute Gasteiger partial charge is 0.335 e. The van der Waals surface area contributed by atoms with Crippen molar-refractivity contribution in [3.63, 3.8) is 0 Å². The summed E-state index contributed by atoms with van der Waals surface area (Å²) >= 11 is 0. The molecule has 0 radical (unpaired) electrons. The molecule has 0 saturated carbocycles. The van der Waals surface area contributed by atoms with Crippen molar-refractivity contribution in [3.8, 4) is 11.8 Å². The van der Waals surface area contributed by atoms with Crippen LogP contribution in [0.25, 0.3) is 0 Å². The van der Waals surface area contributed by atoms with Gasteiger partial charge in [0.25, 0.3) is 5.91 Å². The fourth-order valence-electron chi connectivity index (χ4n) is 1.79. The Morgan fingerprint density at radius 2 is 1.60 bits per heavy atom. The topological polar surface area (TPSA) is 20.3 Å². The van der Waals surface area contributed by atoms with Gasteiger partial charge in [-0.25, -0.2) is 0 Å².